The molecule has 0 radical (unpaired) electrons. The fourth-order valence-corrected chi connectivity index (χ4v) is 1.56. The smallest absolute Gasteiger partial charge is 0.252 e. The van der Waals surface area contributed by atoms with Gasteiger partial charge in [-0.25, -0.2) is 0 Å². The first-order valence-corrected chi connectivity index (χ1v) is 5.37. The van der Waals surface area contributed by atoms with Crippen LogP contribution in [0.1, 0.15) is 16.1 Å². The summed E-state index contributed by atoms with van der Waals surface area (Å²) < 4.78 is 7.20. The number of carbonyl (C=O) groups is 1. The van der Waals surface area contributed by atoms with E-state index in [1.807, 2.05) is 19.3 Å². The van der Waals surface area contributed by atoms with Crippen molar-refractivity contribution in [3.63, 3.8) is 0 Å². The van der Waals surface area contributed by atoms with E-state index in [4.69, 9.17) is 16.2 Å². The molecule has 0 atom stereocenters. The van der Waals surface area contributed by atoms with Gasteiger partial charge in [0.1, 0.15) is 12.4 Å². The zero-order valence-electron chi connectivity index (χ0n) is 9.96. The molecule has 18 heavy (non-hydrogen) atoms. The van der Waals surface area contributed by atoms with Crippen molar-refractivity contribution in [2.75, 3.05) is 5.73 Å². The minimum absolute atomic E-state index is 0.269. The molecule has 0 aliphatic carbocycles. The molecule has 94 valence electrons. The van der Waals surface area contributed by atoms with E-state index in [0.717, 1.165) is 5.69 Å². The quantitative estimate of drug-likeness (QED) is 0.775. The van der Waals surface area contributed by atoms with Crippen molar-refractivity contribution in [1.29, 1.82) is 0 Å². The van der Waals surface area contributed by atoms with Gasteiger partial charge in [0.2, 0.25) is 0 Å². The molecule has 0 aliphatic heterocycles. The minimum atomic E-state index is -0.571. The Morgan fingerprint density at radius 3 is 2.83 bits per heavy atom. The Hall–Kier alpha value is -2.50. The third-order valence-corrected chi connectivity index (χ3v) is 2.41. The largest absolute Gasteiger partial charge is 0.486 e. The van der Waals surface area contributed by atoms with Crippen LogP contribution in [0, 0.1) is 0 Å². The zero-order chi connectivity index (χ0) is 13.1. The number of ether oxygens (including phenoxy) is 1. The Morgan fingerprint density at radius 2 is 2.22 bits per heavy atom. The molecule has 2 aromatic rings. The van der Waals surface area contributed by atoms with Crippen LogP contribution in [0.4, 0.5) is 5.69 Å². The summed E-state index contributed by atoms with van der Waals surface area (Å²) in [5, 5.41) is 4.17. The molecule has 0 saturated carbocycles. The lowest BCUT2D eigenvalue weighted by Gasteiger charge is -2.09. The van der Waals surface area contributed by atoms with Gasteiger partial charge >= 0.3 is 0 Å². The van der Waals surface area contributed by atoms with E-state index in [1.54, 1.807) is 16.8 Å². The number of aryl methyl sites for hydroxylation is 1. The van der Waals surface area contributed by atoms with Crippen LogP contribution >= 0.6 is 0 Å². The molecule has 0 spiro atoms. The second-order valence-electron chi connectivity index (χ2n) is 3.89. The van der Waals surface area contributed by atoms with Gasteiger partial charge in [-0.1, -0.05) is 0 Å². The Kier molecular flexibility index (Phi) is 3.18. The van der Waals surface area contributed by atoms with E-state index in [0.29, 0.717) is 11.4 Å². The lowest BCUT2D eigenvalue weighted by molar-refractivity contribution is 0.0996. The SMILES string of the molecule is Cn1ccc(COc2ccc(N)cc2C(N)=O)n1. The first kappa shape index (κ1) is 12.0. The van der Waals surface area contributed by atoms with Crippen LogP contribution < -0.4 is 16.2 Å². The summed E-state index contributed by atoms with van der Waals surface area (Å²) >= 11 is 0. The number of carbonyl (C=O) groups excluding carboxylic acids is 1. The van der Waals surface area contributed by atoms with Crippen molar-refractivity contribution >= 4 is 11.6 Å². The molecule has 4 N–H and O–H groups in total. The van der Waals surface area contributed by atoms with Crippen molar-refractivity contribution in [1.82, 2.24) is 9.78 Å². The van der Waals surface area contributed by atoms with Gasteiger partial charge in [0.05, 0.1) is 11.3 Å². The number of anilines is 1. The number of benzene rings is 1. The lowest BCUT2D eigenvalue weighted by Crippen LogP contribution is -2.13. The van der Waals surface area contributed by atoms with Crippen molar-refractivity contribution in [2.45, 2.75) is 6.61 Å². The molecule has 6 nitrogen and oxygen atoms in total. The first-order chi connectivity index (χ1) is 8.56. The van der Waals surface area contributed by atoms with Crippen molar-refractivity contribution < 1.29 is 9.53 Å². The average Bonchev–Trinajstić information content (AvgIpc) is 2.73. The van der Waals surface area contributed by atoms with Crippen molar-refractivity contribution in [2.24, 2.45) is 12.8 Å². The average molecular weight is 246 g/mol. The number of nitrogens with two attached hydrogens (primary N) is 2. The monoisotopic (exact) mass is 246 g/mol. The summed E-state index contributed by atoms with van der Waals surface area (Å²) in [4.78, 5) is 11.3. The number of nitrogen functional groups attached to an aromatic ring is 1. The molecule has 0 aliphatic rings. The Labute approximate surface area is 104 Å². The van der Waals surface area contributed by atoms with Gasteiger partial charge in [0.25, 0.3) is 5.91 Å². The Bertz CT molecular complexity index is 577. The van der Waals surface area contributed by atoms with Crippen LogP contribution in [0.15, 0.2) is 30.5 Å². The highest BCUT2D eigenvalue weighted by atomic mass is 16.5. The maximum Gasteiger partial charge on any atom is 0.252 e. The van der Waals surface area contributed by atoms with Crippen molar-refractivity contribution in [3.05, 3.63) is 41.7 Å². The molecular weight excluding hydrogens is 232 g/mol. The molecule has 1 aromatic heterocycles. The third-order valence-electron chi connectivity index (χ3n) is 2.41. The van der Waals surface area contributed by atoms with Gasteiger partial charge in [-0.05, 0) is 24.3 Å². The van der Waals surface area contributed by atoms with Gasteiger partial charge in [0.15, 0.2) is 0 Å². The van der Waals surface area contributed by atoms with Crippen LogP contribution in [0.25, 0.3) is 0 Å². The normalized spacial score (nSPS) is 10.3. The summed E-state index contributed by atoms with van der Waals surface area (Å²) in [6.07, 6.45) is 1.82. The molecular formula is C12H14N4O2. The fraction of sp³-hybridized carbons (Fsp3) is 0.167. The highest BCUT2D eigenvalue weighted by Crippen LogP contribution is 2.21. The molecule has 0 fully saturated rings. The third kappa shape index (κ3) is 2.60. The van der Waals surface area contributed by atoms with Gasteiger partial charge in [-0.2, -0.15) is 5.10 Å². The standard InChI is InChI=1S/C12H14N4O2/c1-16-5-4-9(15-16)7-18-11-3-2-8(13)6-10(11)12(14)17/h2-6H,7,13H2,1H3,(H2,14,17). The van der Waals surface area contributed by atoms with Crippen LogP contribution in [-0.4, -0.2) is 15.7 Å². The molecule has 1 amide bonds. The molecule has 0 bridgehead atoms. The summed E-state index contributed by atoms with van der Waals surface area (Å²) in [7, 11) is 1.82. The number of nitrogens with zero attached hydrogens (tertiary/aromatic N) is 2. The molecule has 0 unspecified atom stereocenters. The first-order valence-electron chi connectivity index (χ1n) is 5.37. The predicted molar refractivity (Wildman–Crippen MR) is 66.9 cm³/mol. The van der Waals surface area contributed by atoms with Crippen LogP contribution in [0.5, 0.6) is 5.75 Å². The van der Waals surface area contributed by atoms with E-state index in [2.05, 4.69) is 5.10 Å². The summed E-state index contributed by atoms with van der Waals surface area (Å²) in [5.74, 6) is -0.166. The number of amides is 1. The second kappa shape index (κ2) is 4.79. The van der Waals surface area contributed by atoms with E-state index in [-0.39, 0.29) is 12.2 Å². The number of primary amides is 1. The molecule has 1 aromatic carbocycles. The Balaban J connectivity index is 2.16. The minimum Gasteiger partial charge on any atom is -0.486 e. The molecule has 1 heterocycles. The highest BCUT2D eigenvalue weighted by Gasteiger charge is 2.10. The van der Waals surface area contributed by atoms with E-state index in [1.165, 1.54) is 6.07 Å². The van der Waals surface area contributed by atoms with E-state index >= 15 is 0 Å². The summed E-state index contributed by atoms with van der Waals surface area (Å²) in [6, 6.07) is 6.61. The van der Waals surface area contributed by atoms with Gasteiger partial charge < -0.3 is 16.2 Å². The molecule has 6 heteroatoms. The van der Waals surface area contributed by atoms with E-state index < -0.39 is 5.91 Å². The van der Waals surface area contributed by atoms with Gasteiger partial charge in [-0.3, -0.25) is 9.48 Å². The number of aromatic nitrogens is 2. The fourth-order valence-electron chi connectivity index (χ4n) is 1.56. The van der Waals surface area contributed by atoms with Crippen LogP contribution in [-0.2, 0) is 13.7 Å². The second-order valence-corrected chi connectivity index (χ2v) is 3.89. The summed E-state index contributed by atoms with van der Waals surface area (Å²) in [6.45, 7) is 0.269. The zero-order valence-corrected chi connectivity index (χ0v) is 9.96. The van der Waals surface area contributed by atoms with Crippen LogP contribution in [0.3, 0.4) is 0 Å². The number of rotatable bonds is 4. The topological polar surface area (TPSA) is 96.2 Å². The highest BCUT2D eigenvalue weighted by molar-refractivity contribution is 5.96. The lowest BCUT2D eigenvalue weighted by atomic mass is 10.1. The number of hydrogen-bond donors (Lipinski definition) is 2. The maximum atomic E-state index is 11.3. The predicted octanol–water partition coefficient (Wildman–Crippen LogP) is 0.680. The van der Waals surface area contributed by atoms with Crippen LogP contribution in [0.2, 0.25) is 0 Å². The molecule has 2 rings (SSSR count). The number of hydrogen-bond acceptors (Lipinski definition) is 4. The maximum absolute atomic E-state index is 11.3. The van der Waals surface area contributed by atoms with Gasteiger partial charge in [-0.15, -0.1) is 0 Å². The van der Waals surface area contributed by atoms with Crippen molar-refractivity contribution in [3.8, 4) is 5.75 Å². The Morgan fingerprint density at radius 1 is 1.44 bits per heavy atom. The van der Waals surface area contributed by atoms with Gasteiger partial charge in [0, 0.05) is 18.9 Å². The summed E-state index contributed by atoms with van der Waals surface area (Å²) in [5.41, 5.74) is 12.4. The van der Waals surface area contributed by atoms with E-state index in [9.17, 15) is 4.79 Å². The molecule has 0 saturated heterocycles.